The summed E-state index contributed by atoms with van der Waals surface area (Å²) in [4.78, 5) is 7.46. The quantitative estimate of drug-likeness (QED) is 0.523. The van der Waals surface area contributed by atoms with Crippen molar-refractivity contribution < 1.29 is 14.2 Å². The van der Waals surface area contributed by atoms with Gasteiger partial charge in [-0.15, -0.1) is 0 Å². The van der Waals surface area contributed by atoms with Crippen molar-refractivity contribution in [2.75, 3.05) is 52.5 Å². The molecule has 4 rings (SSSR count). The highest BCUT2D eigenvalue weighted by Gasteiger charge is 2.27. The number of rotatable bonds is 9. The first-order chi connectivity index (χ1) is 15.1. The van der Waals surface area contributed by atoms with Gasteiger partial charge < -0.3 is 19.1 Å². The van der Waals surface area contributed by atoms with E-state index in [-0.39, 0.29) is 0 Å². The van der Waals surface area contributed by atoms with Crippen LogP contribution in [0.4, 0.5) is 5.82 Å². The van der Waals surface area contributed by atoms with Crippen LogP contribution in [0.5, 0.6) is 5.75 Å². The van der Waals surface area contributed by atoms with Crippen LogP contribution in [0.25, 0.3) is 16.8 Å². The van der Waals surface area contributed by atoms with E-state index in [1.807, 2.05) is 10.6 Å². The van der Waals surface area contributed by atoms with Gasteiger partial charge in [0.1, 0.15) is 11.6 Å². The van der Waals surface area contributed by atoms with E-state index < -0.39 is 0 Å². The van der Waals surface area contributed by atoms with Crippen LogP contribution in [0.3, 0.4) is 0 Å². The molecule has 2 aromatic heterocycles. The van der Waals surface area contributed by atoms with Gasteiger partial charge in [0.05, 0.1) is 26.0 Å². The number of methoxy groups -OCH3 is 3. The number of hydrogen-bond acceptors (Lipinski definition) is 6. The molecule has 0 radical (unpaired) electrons. The van der Waals surface area contributed by atoms with Gasteiger partial charge in [-0.25, -0.2) is 4.98 Å². The second-order valence-corrected chi connectivity index (χ2v) is 8.06. The smallest absolute Gasteiger partial charge is 0.165 e. The number of ether oxygens (including phenoxy) is 3. The van der Waals surface area contributed by atoms with Crippen LogP contribution in [0.15, 0.2) is 18.2 Å². The molecule has 0 N–H and O–H groups in total. The summed E-state index contributed by atoms with van der Waals surface area (Å²) in [7, 11) is 5.17. The van der Waals surface area contributed by atoms with Gasteiger partial charge in [0.25, 0.3) is 0 Å². The second-order valence-electron chi connectivity index (χ2n) is 8.06. The molecule has 1 aliphatic carbocycles. The molecule has 3 aromatic rings. The molecular weight excluding hydrogens is 392 g/mol. The zero-order chi connectivity index (χ0) is 22.0. The van der Waals surface area contributed by atoms with Crippen molar-refractivity contribution in [3.05, 3.63) is 40.7 Å². The Balaban J connectivity index is 1.92. The average molecular weight is 425 g/mol. The molecule has 0 unspecified atom stereocenters. The summed E-state index contributed by atoms with van der Waals surface area (Å²) in [6.07, 6.45) is 3.16. The number of fused-ring (bicyclic) bond motifs is 2. The standard InChI is InChI=1S/C24H32N4O3/c1-16-15-18(31-5)9-10-19(16)22-17(2)26-28-23(22)25-21-8-6-7-20(21)24(28)27(11-13-29-3)12-14-30-4/h9-10,15H,6-8,11-14H2,1-5H3. The number of hydrogen-bond donors (Lipinski definition) is 0. The summed E-state index contributed by atoms with van der Waals surface area (Å²) in [6.45, 7) is 7.03. The average Bonchev–Trinajstić information content (AvgIpc) is 3.36. The first kappa shape index (κ1) is 21.6. The van der Waals surface area contributed by atoms with Gasteiger partial charge in [-0.05, 0) is 56.4 Å². The molecule has 0 aliphatic heterocycles. The minimum absolute atomic E-state index is 0.646. The van der Waals surface area contributed by atoms with Gasteiger partial charge in [-0.1, -0.05) is 6.07 Å². The van der Waals surface area contributed by atoms with Crippen molar-refractivity contribution in [1.29, 1.82) is 0 Å². The first-order valence-corrected chi connectivity index (χ1v) is 10.9. The molecule has 7 heteroatoms. The highest BCUT2D eigenvalue weighted by atomic mass is 16.5. The van der Waals surface area contributed by atoms with Crippen LogP contribution in [-0.4, -0.2) is 62.2 Å². The lowest BCUT2D eigenvalue weighted by Crippen LogP contribution is -2.33. The van der Waals surface area contributed by atoms with Gasteiger partial charge in [0.2, 0.25) is 0 Å². The van der Waals surface area contributed by atoms with E-state index in [0.717, 1.165) is 72.0 Å². The SMILES string of the molecule is COCCN(CCOC)c1c2c(nc3c(-c4ccc(OC)cc4C)c(C)nn13)CCC2. The van der Waals surface area contributed by atoms with Crippen molar-refractivity contribution >= 4 is 11.5 Å². The van der Waals surface area contributed by atoms with Gasteiger partial charge in [-0.3, -0.25) is 0 Å². The van der Waals surface area contributed by atoms with Crippen LogP contribution >= 0.6 is 0 Å². The Bertz CT molecular complexity index is 1070. The lowest BCUT2D eigenvalue weighted by Gasteiger charge is -2.27. The van der Waals surface area contributed by atoms with Crippen LogP contribution < -0.4 is 9.64 Å². The number of anilines is 1. The topological polar surface area (TPSA) is 61.1 Å². The minimum atomic E-state index is 0.646. The third-order valence-corrected chi connectivity index (χ3v) is 6.07. The second kappa shape index (κ2) is 9.24. The number of aromatic nitrogens is 3. The maximum atomic E-state index is 5.40. The molecule has 0 saturated carbocycles. The molecule has 0 spiro atoms. The normalized spacial score (nSPS) is 13.1. The third-order valence-electron chi connectivity index (χ3n) is 6.07. The maximum Gasteiger partial charge on any atom is 0.165 e. The lowest BCUT2D eigenvalue weighted by molar-refractivity contribution is 0.189. The van der Waals surface area contributed by atoms with Gasteiger partial charge in [-0.2, -0.15) is 9.61 Å². The molecule has 31 heavy (non-hydrogen) atoms. The predicted molar refractivity (Wildman–Crippen MR) is 122 cm³/mol. The Morgan fingerprint density at radius 2 is 1.77 bits per heavy atom. The molecule has 0 saturated heterocycles. The zero-order valence-electron chi connectivity index (χ0n) is 19.2. The van der Waals surface area contributed by atoms with Crippen molar-refractivity contribution in [1.82, 2.24) is 14.6 Å². The molecule has 1 aliphatic rings. The van der Waals surface area contributed by atoms with E-state index in [1.54, 1.807) is 21.3 Å². The fourth-order valence-corrected chi connectivity index (χ4v) is 4.52. The van der Waals surface area contributed by atoms with Crippen LogP contribution in [-0.2, 0) is 22.3 Å². The highest BCUT2D eigenvalue weighted by molar-refractivity contribution is 5.83. The molecule has 1 aromatic carbocycles. The third kappa shape index (κ3) is 4.00. The highest BCUT2D eigenvalue weighted by Crippen LogP contribution is 2.37. The number of nitrogens with zero attached hydrogens (tertiary/aromatic N) is 4. The van der Waals surface area contributed by atoms with Crippen molar-refractivity contribution in [3.63, 3.8) is 0 Å². The number of benzene rings is 1. The summed E-state index contributed by atoms with van der Waals surface area (Å²) >= 11 is 0. The Kier molecular flexibility index (Phi) is 6.43. The zero-order valence-corrected chi connectivity index (χ0v) is 19.2. The molecule has 0 fully saturated rings. The number of aryl methyl sites for hydroxylation is 3. The maximum absolute atomic E-state index is 5.40. The molecule has 0 bridgehead atoms. The molecule has 0 atom stereocenters. The minimum Gasteiger partial charge on any atom is -0.497 e. The van der Waals surface area contributed by atoms with Gasteiger partial charge in [0.15, 0.2) is 5.65 Å². The van der Waals surface area contributed by atoms with Crippen molar-refractivity contribution in [2.24, 2.45) is 0 Å². The summed E-state index contributed by atoms with van der Waals surface area (Å²) in [5.41, 5.74) is 7.77. The van der Waals surface area contributed by atoms with E-state index in [9.17, 15) is 0 Å². The Morgan fingerprint density at radius 3 is 2.42 bits per heavy atom. The molecule has 7 nitrogen and oxygen atoms in total. The Labute approximate surface area is 183 Å². The lowest BCUT2D eigenvalue weighted by atomic mass is 10.0. The Hall–Kier alpha value is -2.64. The molecule has 2 heterocycles. The van der Waals surface area contributed by atoms with E-state index in [2.05, 4.69) is 30.9 Å². The van der Waals surface area contributed by atoms with Crippen LogP contribution in [0.2, 0.25) is 0 Å². The summed E-state index contributed by atoms with van der Waals surface area (Å²) in [6, 6.07) is 6.18. The molecule has 0 amide bonds. The fraction of sp³-hybridized carbons (Fsp3) is 0.500. The van der Waals surface area contributed by atoms with E-state index in [4.69, 9.17) is 24.3 Å². The van der Waals surface area contributed by atoms with Gasteiger partial charge in [0, 0.05) is 44.1 Å². The van der Waals surface area contributed by atoms with E-state index >= 15 is 0 Å². The summed E-state index contributed by atoms with van der Waals surface area (Å²) < 4.78 is 18.3. The summed E-state index contributed by atoms with van der Waals surface area (Å²) in [5, 5.41) is 4.99. The van der Waals surface area contributed by atoms with Crippen LogP contribution in [0.1, 0.15) is 28.9 Å². The fourth-order valence-electron chi connectivity index (χ4n) is 4.52. The predicted octanol–water partition coefficient (Wildman–Crippen LogP) is 3.61. The molecular formula is C24H32N4O3. The van der Waals surface area contributed by atoms with Crippen molar-refractivity contribution in [2.45, 2.75) is 33.1 Å². The Morgan fingerprint density at radius 1 is 1.03 bits per heavy atom. The van der Waals surface area contributed by atoms with Crippen molar-refractivity contribution in [3.8, 4) is 16.9 Å². The van der Waals surface area contributed by atoms with Gasteiger partial charge >= 0.3 is 0 Å². The summed E-state index contributed by atoms with van der Waals surface area (Å²) in [5.74, 6) is 1.99. The largest absolute Gasteiger partial charge is 0.497 e. The monoisotopic (exact) mass is 424 g/mol. The van der Waals surface area contributed by atoms with E-state index in [1.165, 1.54) is 11.3 Å². The molecule has 166 valence electrons. The van der Waals surface area contributed by atoms with E-state index in [0.29, 0.717) is 13.2 Å². The van der Waals surface area contributed by atoms with Crippen LogP contribution in [0, 0.1) is 13.8 Å². The first-order valence-electron chi connectivity index (χ1n) is 10.9.